The summed E-state index contributed by atoms with van der Waals surface area (Å²) in [4.78, 5) is 12.0. The van der Waals surface area contributed by atoms with Crippen LogP contribution in [0.15, 0.2) is 18.2 Å². The summed E-state index contributed by atoms with van der Waals surface area (Å²) in [5, 5.41) is 13.8. The van der Waals surface area contributed by atoms with Crippen LogP contribution in [0.2, 0.25) is 0 Å². The van der Waals surface area contributed by atoms with Gasteiger partial charge < -0.3 is 10.4 Å². The van der Waals surface area contributed by atoms with Gasteiger partial charge in [0.15, 0.2) is 0 Å². The van der Waals surface area contributed by atoms with E-state index in [1.165, 1.54) is 5.56 Å². The molecule has 0 spiro atoms. The van der Waals surface area contributed by atoms with E-state index in [4.69, 9.17) is 0 Å². The lowest BCUT2D eigenvalue weighted by atomic mass is 9.52. The van der Waals surface area contributed by atoms with Crippen molar-refractivity contribution in [2.24, 2.45) is 5.92 Å². The van der Waals surface area contributed by atoms with E-state index < -0.39 is 0 Å². The normalized spacial score (nSPS) is 36.5. The molecular weight excluding hydrogens is 238 g/mol. The highest BCUT2D eigenvalue weighted by molar-refractivity contribution is 5.81. The molecule has 1 aliphatic heterocycles. The van der Waals surface area contributed by atoms with Gasteiger partial charge in [-0.2, -0.15) is 0 Å². The summed E-state index contributed by atoms with van der Waals surface area (Å²) >= 11 is 0. The first kappa shape index (κ1) is 11.5. The Morgan fingerprint density at radius 2 is 2.26 bits per heavy atom. The number of phenolic OH excluding ortho intramolecular Hbond substituents is 1. The number of hydrogen-bond acceptors (Lipinski definition) is 3. The van der Waals surface area contributed by atoms with Crippen LogP contribution in [0.3, 0.4) is 0 Å². The Hall–Kier alpha value is -1.35. The highest BCUT2D eigenvalue weighted by Gasteiger charge is 2.53. The highest BCUT2D eigenvalue weighted by atomic mass is 16.3. The summed E-state index contributed by atoms with van der Waals surface area (Å²) in [6.07, 6.45) is 4.34. The molecular formula is C16H19NO2. The first-order valence-electron chi connectivity index (χ1n) is 7.27. The molecule has 100 valence electrons. The number of hydrogen-bond donors (Lipinski definition) is 2. The van der Waals surface area contributed by atoms with E-state index >= 15 is 0 Å². The quantitative estimate of drug-likeness (QED) is 0.746. The molecule has 1 saturated heterocycles. The number of phenols is 1. The van der Waals surface area contributed by atoms with E-state index in [1.807, 2.05) is 6.07 Å². The third kappa shape index (κ3) is 1.45. The number of carbonyl (C=O) groups excluding carboxylic acids is 1. The zero-order valence-electron chi connectivity index (χ0n) is 11.0. The molecule has 3 atom stereocenters. The number of aromatic hydroxyl groups is 1. The van der Waals surface area contributed by atoms with Crippen LogP contribution in [0.4, 0.5) is 0 Å². The fraction of sp³-hybridized carbons (Fsp3) is 0.562. The molecule has 3 unspecified atom stereocenters. The van der Waals surface area contributed by atoms with E-state index in [0.29, 0.717) is 29.9 Å². The Morgan fingerprint density at radius 3 is 3.16 bits per heavy atom. The predicted octanol–water partition coefficient (Wildman–Crippen LogP) is 1.92. The van der Waals surface area contributed by atoms with Crippen molar-refractivity contribution in [3.05, 3.63) is 29.3 Å². The Bertz CT molecular complexity index is 554. The molecule has 2 aliphatic carbocycles. The second-order valence-electron chi connectivity index (χ2n) is 6.33. The average Bonchev–Trinajstić information content (AvgIpc) is 2.39. The van der Waals surface area contributed by atoms with Crippen molar-refractivity contribution in [2.45, 2.75) is 43.6 Å². The molecule has 3 heteroatoms. The summed E-state index contributed by atoms with van der Waals surface area (Å²) in [5.74, 6) is 1.36. The lowest BCUT2D eigenvalue weighted by Crippen LogP contribution is -2.60. The zero-order chi connectivity index (χ0) is 13.0. The molecule has 1 heterocycles. The van der Waals surface area contributed by atoms with Crippen molar-refractivity contribution in [3.63, 3.8) is 0 Å². The molecule has 3 nitrogen and oxygen atoms in total. The Labute approximate surface area is 113 Å². The SMILES string of the molecule is O=C1CCC2C3Cc4c(O)cccc4C2(CCN3)C1. The van der Waals surface area contributed by atoms with Crippen molar-refractivity contribution < 1.29 is 9.90 Å². The Kier molecular flexibility index (Phi) is 2.31. The Morgan fingerprint density at radius 1 is 1.37 bits per heavy atom. The molecule has 0 aromatic heterocycles. The summed E-state index contributed by atoms with van der Waals surface area (Å²) in [6, 6.07) is 6.28. The molecule has 2 N–H and O–H groups in total. The number of rotatable bonds is 0. The van der Waals surface area contributed by atoms with Gasteiger partial charge in [-0.15, -0.1) is 0 Å². The fourth-order valence-corrected chi connectivity index (χ4v) is 4.77. The van der Waals surface area contributed by atoms with E-state index in [1.54, 1.807) is 6.07 Å². The second-order valence-corrected chi connectivity index (χ2v) is 6.33. The predicted molar refractivity (Wildman–Crippen MR) is 72.2 cm³/mol. The van der Waals surface area contributed by atoms with Crippen LogP contribution in [0.25, 0.3) is 0 Å². The first-order chi connectivity index (χ1) is 9.21. The van der Waals surface area contributed by atoms with Crippen LogP contribution in [0, 0.1) is 5.92 Å². The van der Waals surface area contributed by atoms with Crippen molar-refractivity contribution >= 4 is 5.78 Å². The van der Waals surface area contributed by atoms with Crippen LogP contribution in [0.1, 0.15) is 36.8 Å². The highest BCUT2D eigenvalue weighted by Crippen LogP contribution is 2.54. The number of ketones is 1. The van der Waals surface area contributed by atoms with Gasteiger partial charge in [-0.05, 0) is 48.9 Å². The van der Waals surface area contributed by atoms with Crippen molar-refractivity contribution in [1.82, 2.24) is 5.32 Å². The number of piperidine rings is 1. The van der Waals surface area contributed by atoms with Gasteiger partial charge in [0.1, 0.15) is 11.5 Å². The maximum atomic E-state index is 12.0. The summed E-state index contributed by atoms with van der Waals surface area (Å²) in [5.41, 5.74) is 2.33. The van der Waals surface area contributed by atoms with E-state index in [0.717, 1.165) is 37.8 Å². The summed E-state index contributed by atoms with van der Waals surface area (Å²) in [7, 11) is 0. The molecule has 19 heavy (non-hydrogen) atoms. The van der Waals surface area contributed by atoms with E-state index in [9.17, 15) is 9.90 Å². The van der Waals surface area contributed by atoms with Gasteiger partial charge in [0.05, 0.1) is 0 Å². The van der Waals surface area contributed by atoms with Crippen LogP contribution >= 0.6 is 0 Å². The van der Waals surface area contributed by atoms with Crippen LogP contribution in [0.5, 0.6) is 5.75 Å². The monoisotopic (exact) mass is 257 g/mol. The van der Waals surface area contributed by atoms with Gasteiger partial charge in [-0.25, -0.2) is 0 Å². The van der Waals surface area contributed by atoms with E-state index in [2.05, 4.69) is 11.4 Å². The van der Waals surface area contributed by atoms with Gasteiger partial charge in [-0.3, -0.25) is 4.79 Å². The molecule has 1 aromatic carbocycles. The number of Topliss-reactive ketones (excluding diaryl/α,β-unsaturated/α-hetero) is 1. The van der Waals surface area contributed by atoms with Crippen LogP contribution < -0.4 is 5.32 Å². The number of benzene rings is 1. The maximum Gasteiger partial charge on any atom is 0.133 e. The van der Waals surface area contributed by atoms with Crippen molar-refractivity contribution in [3.8, 4) is 5.75 Å². The lowest BCUT2D eigenvalue weighted by Gasteiger charge is -2.55. The topological polar surface area (TPSA) is 49.3 Å². The van der Waals surface area contributed by atoms with Gasteiger partial charge in [0.25, 0.3) is 0 Å². The average molecular weight is 257 g/mol. The largest absolute Gasteiger partial charge is 0.508 e. The fourth-order valence-electron chi connectivity index (χ4n) is 4.77. The first-order valence-corrected chi connectivity index (χ1v) is 7.27. The molecule has 0 radical (unpaired) electrons. The van der Waals surface area contributed by atoms with Crippen molar-refractivity contribution in [1.29, 1.82) is 0 Å². The zero-order valence-corrected chi connectivity index (χ0v) is 11.0. The smallest absolute Gasteiger partial charge is 0.133 e. The third-order valence-electron chi connectivity index (χ3n) is 5.53. The van der Waals surface area contributed by atoms with Crippen LogP contribution in [-0.2, 0) is 16.6 Å². The molecule has 0 amide bonds. The third-order valence-corrected chi connectivity index (χ3v) is 5.53. The van der Waals surface area contributed by atoms with Gasteiger partial charge in [0, 0.05) is 24.3 Å². The van der Waals surface area contributed by atoms with Gasteiger partial charge >= 0.3 is 0 Å². The minimum atomic E-state index is -0.00241. The van der Waals surface area contributed by atoms with E-state index in [-0.39, 0.29) is 5.41 Å². The van der Waals surface area contributed by atoms with Crippen molar-refractivity contribution in [2.75, 3.05) is 6.54 Å². The summed E-state index contributed by atoms with van der Waals surface area (Å²) in [6.45, 7) is 0.990. The number of nitrogens with one attached hydrogen (secondary N) is 1. The van der Waals surface area contributed by atoms with Crippen LogP contribution in [-0.4, -0.2) is 23.5 Å². The van der Waals surface area contributed by atoms with Gasteiger partial charge in [-0.1, -0.05) is 12.1 Å². The minimum absolute atomic E-state index is 0.00241. The molecule has 1 saturated carbocycles. The molecule has 2 bridgehead atoms. The maximum absolute atomic E-state index is 12.0. The van der Waals surface area contributed by atoms with Gasteiger partial charge in [0.2, 0.25) is 0 Å². The standard InChI is InChI=1S/C16H19NO2/c18-10-4-5-13-14-8-11-12(2-1-3-15(11)19)16(13,9-10)6-7-17-14/h1-3,13-14,17,19H,4-9H2. The minimum Gasteiger partial charge on any atom is -0.508 e. The lowest BCUT2D eigenvalue weighted by molar-refractivity contribution is -0.125. The molecule has 2 fully saturated rings. The number of fused-ring (bicyclic) bond motifs is 1. The Balaban J connectivity index is 1.94. The molecule has 4 rings (SSSR count). The molecule has 3 aliphatic rings. The molecule has 1 aromatic rings. The second kappa shape index (κ2) is 3.83. The summed E-state index contributed by atoms with van der Waals surface area (Å²) < 4.78 is 0. The number of carbonyl (C=O) groups is 1.